The van der Waals surface area contributed by atoms with Crippen molar-refractivity contribution < 1.29 is 9.59 Å². The fourth-order valence-corrected chi connectivity index (χ4v) is 4.72. The summed E-state index contributed by atoms with van der Waals surface area (Å²) in [5, 5.41) is 4.71. The van der Waals surface area contributed by atoms with Crippen molar-refractivity contribution in [3.8, 4) is 0 Å². The smallest absolute Gasteiger partial charge is 0.243 e. The summed E-state index contributed by atoms with van der Waals surface area (Å²) < 4.78 is 0. The predicted octanol–water partition coefficient (Wildman–Crippen LogP) is 6.06. The highest BCUT2D eigenvalue weighted by atomic mass is 35.5. The van der Waals surface area contributed by atoms with E-state index in [1.807, 2.05) is 19.1 Å². The van der Waals surface area contributed by atoms with Gasteiger partial charge in [0.2, 0.25) is 11.8 Å². The van der Waals surface area contributed by atoms with Crippen molar-refractivity contribution in [2.75, 3.05) is 0 Å². The molecule has 2 aromatic rings. The van der Waals surface area contributed by atoms with Crippen LogP contribution in [-0.4, -0.2) is 28.8 Å². The first kappa shape index (κ1) is 23.9. The molecular weight excluding hydrogens is 455 g/mol. The average molecular weight is 482 g/mol. The van der Waals surface area contributed by atoms with Crippen LogP contribution in [0.4, 0.5) is 0 Å². The van der Waals surface area contributed by atoms with E-state index in [1.54, 1.807) is 35.2 Å². The second-order valence-corrected chi connectivity index (χ2v) is 9.26. The van der Waals surface area contributed by atoms with Gasteiger partial charge in [0.15, 0.2) is 0 Å². The van der Waals surface area contributed by atoms with Gasteiger partial charge < -0.3 is 10.2 Å². The zero-order chi connectivity index (χ0) is 22.4. The molecule has 0 aliphatic heterocycles. The second kappa shape index (κ2) is 11.2. The molecule has 0 aromatic heterocycles. The van der Waals surface area contributed by atoms with E-state index in [0.717, 1.165) is 36.8 Å². The number of halogens is 3. The molecule has 1 saturated carbocycles. The molecular formula is C24H27Cl3N2O2. The van der Waals surface area contributed by atoms with Crippen molar-refractivity contribution in [2.24, 2.45) is 0 Å². The van der Waals surface area contributed by atoms with Crippen LogP contribution in [0.5, 0.6) is 0 Å². The highest BCUT2D eigenvalue weighted by Crippen LogP contribution is 2.25. The Bertz CT molecular complexity index is 929. The summed E-state index contributed by atoms with van der Waals surface area (Å²) in [6.45, 7) is 2.15. The van der Waals surface area contributed by atoms with Gasteiger partial charge in [0.05, 0.1) is 6.42 Å². The summed E-state index contributed by atoms with van der Waals surface area (Å²) >= 11 is 18.5. The van der Waals surface area contributed by atoms with E-state index in [4.69, 9.17) is 34.8 Å². The minimum Gasteiger partial charge on any atom is -0.352 e. The van der Waals surface area contributed by atoms with E-state index < -0.39 is 6.04 Å². The van der Waals surface area contributed by atoms with Gasteiger partial charge in [0.25, 0.3) is 0 Å². The van der Waals surface area contributed by atoms with Crippen LogP contribution in [0.2, 0.25) is 15.1 Å². The van der Waals surface area contributed by atoms with Crippen LogP contribution in [0.3, 0.4) is 0 Å². The molecule has 31 heavy (non-hydrogen) atoms. The standard InChI is InChI=1S/C24H27Cl3N2O2/c1-2-22(24(31)28-20-8-3-4-9-20)29(15-17-10-11-19(26)14-21(17)27)23(30)13-16-6-5-7-18(25)12-16/h5-7,10-12,14,20,22H,2-4,8-9,13,15H2,1H3,(H,28,31). The molecule has 4 nitrogen and oxygen atoms in total. The van der Waals surface area contributed by atoms with Crippen molar-refractivity contribution >= 4 is 46.6 Å². The predicted molar refractivity (Wildman–Crippen MR) is 127 cm³/mol. The van der Waals surface area contributed by atoms with Crippen LogP contribution < -0.4 is 5.32 Å². The van der Waals surface area contributed by atoms with Gasteiger partial charge in [-0.1, -0.05) is 72.8 Å². The first-order valence-electron chi connectivity index (χ1n) is 10.7. The third kappa shape index (κ3) is 6.61. The molecule has 166 valence electrons. The molecule has 0 spiro atoms. The van der Waals surface area contributed by atoms with E-state index in [1.165, 1.54) is 0 Å². The Morgan fingerprint density at radius 1 is 1.06 bits per heavy atom. The van der Waals surface area contributed by atoms with Crippen LogP contribution >= 0.6 is 34.8 Å². The van der Waals surface area contributed by atoms with Crippen molar-refractivity contribution in [2.45, 2.75) is 64.1 Å². The van der Waals surface area contributed by atoms with Gasteiger partial charge in [-0.25, -0.2) is 0 Å². The highest BCUT2D eigenvalue weighted by molar-refractivity contribution is 6.35. The third-order valence-corrected chi connectivity index (χ3v) is 6.51. The number of carbonyl (C=O) groups excluding carboxylic acids is 2. The van der Waals surface area contributed by atoms with Gasteiger partial charge >= 0.3 is 0 Å². The number of carbonyl (C=O) groups is 2. The van der Waals surface area contributed by atoms with Gasteiger partial charge in [0, 0.05) is 27.7 Å². The Morgan fingerprint density at radius 3 is 2.42 bits per heavy atom. The van der Waals surface area contributed by atoms with Crippen LogP contribution in [0, 0.1) is 0 Å². The lowest BCUT2D eigenvalue weighted by Crippen LogP contribution is -2.51. The minimum absolute atomic E-state index is 0.112. The lowest BCUT2D eigenvalue weighted by Gasteiger charge is -2.32. The summed E-state index contributed by atoms with van der Waals surface area (Å²) in [6, 6.07) is 12.0. The molecule has 3 rings (SSSR count). The van der Waals surface area contributed by atoms with Gasteiger partial charge in [-0.2, -0.15) is 0 Å². The topological polar surface area (TPSA) is 49.4 Å². The maximum Gasteiger partial charge on any atom is 0.243 e. The third-order valence-electron chi connectivity index (χ3n) is 5.69. The Balaban J connectivity index is 1.85. The number of nitrogens with one attached hydrogen (secondary N) is 1. The van der Waals surface area contributed by atoms with E-state index in [9.17, 15) is 9.59 Å². The van der Waals surface area contributed by atoms with E-state index in [0.29, 0.717) is 21.5 Å². The average Bonchev–Trinajstić information content (AvgIpc) is 3.22. The van der Waals surface area contributed by atoms with Gasteiger partial charge in [-0.15, -0.1) is 0 Å². The summed E-state index contributed by atoms with van der Waals surface area (Å²) in [5.41, 5.74) is 1.55. The Labute approximate surface area is 198 Å². The summed E-state index contributed by atoms with van der Waals surface area (Å²) in [5.74, 6) is -0.263. The maximum atomic E-state index is 13.4. The Kier molecular flexibility index (Phi) is 8.65. The lowest BCUT2D eigenvalue weighted by atomic mass is 10.1. The van der Waals surface area contributed by atoms with Crippen LogP contribution in [0.15, 0.2) is 42.5 Å². The van der Waals surface area contributed by atoms with Gasteiger partial charge in [-0.3, -0.25) is 9.59 Å². The molecule has 1 unspecified atom stereocenters. The highest BCUT2D eigenvalue weighted by Gasteiger charge is 2.31. The van der Waals surface area contributed by atoms with Crippen LogP contribution in [0.1, 0.15) is 50.2 Å². The van der Waals surface area contributed by atoms with E-state index in [2.05, 4.69) is 5.32 Å². The number of hydrogen-bond donors (Lipinski definition) is 1. The molecule has 0 bridgehead atoms. The molecule has 7 heteroatoms. The number of nitrogens with zero attached hydrogens (tertiary/aromatic N) is 1. The molecule has 1 aliphatic rings. The first-order chi connectivity index (χ1) is 14.9. The summed E-state index contributed by atoms with van der Waals surface area (Å²) in [7, 11) is 0. The molecule has 1 aliphatic carbocycles. The molecule has 0 saturated heterocycles. The zero-order valence-corrected chi connectivity index (χ0v) is 19.8. The van der Waals surface area contributed by atoms with Crippen LogP contribution in [0.25, 0.3) is 0 Å². The van der Waals surface area contributed by atoms with Gasteiger partial charge in [0.1, 0.15) is 6.04 Å². The van der Waals surface area contributed by atoms with Crippen molar-refractivity contribution in [1.82, 2.24) is 10.2 Å². The number of benzene rings is 2. The first-order valence-corrected chi connectivity index (χ1v) is 11.8. The van der Waals surface area contributed by atoms with Gasteiger partial charge in [-0.05, 0) is 54.7 Å². The Hall–Kier alpha value is -1.75. The molecule has 2 aromatic carbocycles. The summed E-state index contributed by atoms with van der Waals surface area (Å²) in [4.78, 5) is 28.1. The maximum absolute atomic E-state index is 13.4. The largest absolute Gasteiger partial charge is 0.352 e. The minimum atomic E-state index is -0.584. The van der Waals surface area contributed by atoms with E-state index >= 15 is 0 Å². The molecule has 1 fully saturated rings. The number of hydrogen-bond acceptors (Lipinski definition) is 2. The summed E-state index contributed by atoms with van der Waals surface area (Å²) in [6.07, 6.45) is 4.88. The normalized spacial score (nSPS) is 15.0. The number of amides is 2. The molecule has 0 radical (unpaired) electrons. The van der Waals surface area contributed by atoms with Crippen molar-refractivity contribution in [3.63, 3.8) is 0 Å². The molecule has 1 atom stereocenters. The molecule has 1 N–H and O–H groups in total. The molecule has 2 amide bonds. The zero-order valence-electron chi connectivity index (χ0n) is 17.5. The van der Waals surface area contributed by atoms with Crippen molar-refractivity contribution in [1.29, 1.82) is 0 Å². The lowest BCUT2D eigenvalue weighted by molar-refractivity contribution is -0.141. The van der Waals surface area contributed by atoms with E-state index in [-0.39, 0.29) is 30.8 Å². The van der Waals surface area contributed by atoms with Crippen LogP contribution in [-0.2, 0) is 22.6 Å². The Morgan fingerprint density at radius 2 is 1.77 bits per heavy atom. The quantitative estimate of drug-likeness (QED) is 0.498. The fraction of sp³-hybridized carbons (Fsp3) is 0.417. The fourth-order valence-electron chi connectivity index (χ4n) is 4.04. The number of rotatable bonds is 8. The monoisotopic (exact) mass is 480 g/mol. The SMILES string of the molecule is CCC(C(=O)NC1CCCC1)N(Cc1ccc(Cl)cc1Cl)C(=O)Cc1cccc(Cl)c1. The molecule has 0 heterocycles. The van der Waals surface area contributed by atoms with Crippen molar-refractivity contribution in [3.05, 3.63) is 68.7 Å². The second-order valence-electron chi connectivity index (χ2n) is 7.98.